The lowest BCUT2D eigenvalue weighted by molar-refractivity contribution is -0.145. The molecular weight excluding hydrogens is 590 g/mol. The van der Waals surface area contributed by atoms with Crippen molar-refractivity contribution in [1.29, 1.82) is 0 Å². The first-order valence-electron chi connectivity index (χ1n) is 11.8. The van der Waals surface area contributed by atoms with Crippen LogP contribution in [0.1, 0.15) is 36.7 Å². The molecule has 1 aliphatic rings. The Kier molecular flexibility index (Phi) is 8.14. The van der Waals surface area contributed by atoms with E-state index >= 15 is 0 Å². The number of carbonyl (C=O) groups excluding carboxylic acids is 1. The van der Waals surface area contributed by atoms with E-state index in [4.69, 9.17) is 0 Å². The van der Waals surface area contributed by atoms with E-state index in [2.05, 4.69) is 19.9 Å². The maximum Gasteiger partial charge on any atom is 0.451 e. The molecule has 0 radical (unpaired) electrons. The molecule has 41 heavy (non-hydrogen) atoms. The smallest absolute Gasteiger partial charge is 0.298 e. The summed E-state index contributed by atoms with van der Waals surface area (Å²) in [4.78, 5) is 25.9. The average molecular weight is 609 g/mol. The lowest BCUT2D eigenvalue weighted by Gasteiger charge is -2.26. The standard InChI is InChI=1S/C24H19F8N5O3S/c1-12-18(26)6-20(37(12)41(39,40)16-5-15(25)9-33-10-16)21(38)3-2-13-4-19(34-11-17(13)23(27,28)29)14-7-35-22(36-8-14)24(30,31)32/h4-5,7-12,18,20H,2-3,6H2,1H3/t12-,18+,20-/m0/s1. The molecule has 3 aromatic rings. The van der Waals surface area contributed by atoms with E-state index < -0.39 is 93.3 Å². The quantitative estimate of drug-likeness (QED) is 0.355. The van der Waals surface area contributed by atoms with Gasteiger partial charge in [-0.15, -0.1) is 0 Å². The lowest BCUT2D eigenvalue weighted by Crippen LogP contribution is -2.44. The minimum absolute atomic E-state index is 0.134. The van der Waals surface area contributed by atoms with Crippen LogP contribution >= 0.6 is 0 Å². The molecule has 3 aromatic heterocycles. The first-order valence-corrected chi connectivity index (χ1v) is 13.2. The van der Waals surface area contributed by atoms with Crippen molar-refractivity contribution in [3.8, 4) is 11.3 Å². The molecule has 220 valence electrons. The van der Waals surface area contributed by atoms with Gasteiger partial charge in [0, 0.05) is 43.2 Å². The lowest BCUT2D eigenvalue weighted by atomic mass is 9.98. The fraction of sp³-hybridized carbons (Fsp3) is 0.375. The molecule has 17 heteroatoms. The Labute approximate surface area is 227 Å². The Morgan fingerprint density at radius 3 is 2.22 bits per heavy atom. The number of nitrogens with zero attached hydrogens (tertiary/aromatic N) is 5. The number of carbonyl (C=O) groups is 1. The topological polar surface area (TPSA) is 106 Å². The number of halogens is 8. The summed E-state index contributed by atoms with van der Waals surface area (Å²) in [5.74, 6) is -3.36. The Bertz CT molecular complexity index is 1550. The number of pyridine rings is 2. The second-order valence-electron chi connectivity index (χ2n) is 9.17. The van der Waals surface area contributed by atoms with Crippen molar-refractivity contribution in [3.05, 3.63) is 65.9 Å². The highest BCUT2D eigenvalue weighted by Crippen LogP contribution is 2.36. The fourth-order valence-corrected chi connectivity index (χ4v) is 6.23. The molecule has 0 amide bonds. The molecular formula is C24H19F8N5O3S. The van der Waals surface area contributed by atoms with Crippen molar-refractivity contribution in [3.63, 3.8) is 0 Å². The second-order valence-corrected chi connectivity index (χ2v) is 11.0. The van der Waals surface area contributed by atoms with Crippen LogP contribution in [0.5, 0.6) is 0 Å². The number of ketones is 1. The summed E-state index contributed by atoms with van der Waals surface area (Å²) in [5, 5.41) is 0. The van der Waals surface area contributed by atoms with Gasteiger partial charge in [0.25, 0.3) is 0 Å². The Morgan fingerprint density at radius 1 is 0.976 bits per heavy atom. The Hall–Kier alpha value is -3.60. The number of Topliss-reactive ketones (excluding diaryl/α,β-unsaturated/α-hetero) is 1. The first-order chi connectivity index (χ1) is 19.0. The van der Waals surface area contributed by atoms with E-state index in [1.807, 2.05) is 0 Å². The number of aromatic nitrogens is 4. The number of hydrogen-bond acceptors (Lipinski definition) is 7. The summed E-state index contributed by atoms with van der Waals surface area (Å²) in [7, 11) is -4.62. The third-order valence-corrected chi connectivity index (χ3v) is 8.41. The summed E-state index contributed by atoms with van der Waals surface area (Å²) in [5.41, 5.74) is -2.05. The van der Waals surface area contributed by atoms with Crippen molar-refractivity contribution in [2.75, 3.05) is 0 Å². The van der Waals surface area contributed by atoms with Gasteiger partial charge < -0.3 is 0 Å². The van der Waals surface area contributed by atoms with Crippen molar-refractivity contribution >= 4 is 15.8 Å². The highest BCUT2D eigenvalue weighted by molar-refractivity contribution is 7.89. The number of hydrogen-bond donors (Lipinski definition) is 0. The largest absolute Gasteiger partial charge is 0.451 e. The van der Waals surface area contributed by atoms with Gasteiger partial charge in [0.15, 0.2) is 5.78 Å². The molecule has 0 bridgehead atoms. The van der Waals surface area contributed by atoms with Crippen LogP contribution in [0.4, 0.5) is 35.1 Å². The maximum atomic E-state index is 14.6. The molecule has 0 aliphatic carbocycles. The highest BCUT2D eigenvalue weighted by Gasteiger charge is 2.49. The molecule has 3 atom stereocenters. The Morgan fingerprint density at radius 2 is 1.63 bits per heavy atom. The molecule has 8 nitrogen and oxygen atoms in total. The summed E-state index contributed by atoms with van der Waals surface area (Å²) >= 11 is 0. The minimum Gasteiger partial charge on any atom is -0.298 e. The van der Waals surface area contributed by atoms with E-state index in [0.29, 0.717) is 16.6 Å². The van der Waals surface area contributed by atoms with Gasteiger partial charge in [-0.1, -0.05) is 0 Å². The maximum absolute atomic E-state index is 14.6. The molecule has 4 heterocycles. The van der Waals surface area contributed by atoms with Gasteiger partial charge in [-0.25, -0.2) is 27.2 Å². The minimum atomic E-state index is -4.92. The normalized spacial score (nSPS) is 20.4. The van der Waals surface area contributed by atoms with Crippen LogP contribution in [0.25, 0.3) is 11.3 Å². The van der Waals surface area contributed by atoms with E-state index in [9.17, 15) is 48.3 Å². The van der Waals surface area contributed by atoms with Gasteiger partial charge in [-0.05, 0) is 31.0 Å². The predicted molar refractivity (Wildman–Crippen MR) is 125 cm³/mol. The van der Waals surface area contributed by atoms with Gasteiger partial charge in [-0.2, -0.15) is 30.6 Å². The number of alkyl halides is 7. The first kappa shape index (κ1) is 30.4. The van der Waals surface area contributed by atoms with Gasteiger partial charge in [-0.3, -0.25) is 14.8 Å². The summed E-state index contributed by atoms with van der Waals surface area (Å²) in [6.45, 7) is 1.20. The van der Waals surface area contributed by atoms with Crippen LogP contribution in [0.2, 0.25) is 0 Å². The predicted octanol–water partition coefficient (Wildman–Crippen LogP) is 4.80. The van der Waals surface area contributed by atoms with Crippen LogP contribution in [0.15, 0.2) is 48.0 Å². The average Bonchev–Trinajstić information content (AvgIpc) is 3.20. The summed E-state index contributed by atoms with van der Waals surface area (Å²) in [6, 6.07) is -1.38. The van der Waals surface area contributed by atoms with E-state index in [0.717, 1.165) is 30.9 Å². The van der Waals surface area contributed by atoms with Crippen LogP contribution < -0.4 is 0 Å². The van der Waals surface area contributed by atoms with Gasteiger partial charge in [0.05, 0.1) is 29.5 Å². The molecule has 0 saturated carbocycles. The molecule has 1 saturated heterocycles. The fourth-order valence-electron chi connectivity index (χ4n) is 4.42. The van der Waals surface area contributed by atoms with Crippen molar-refractivity contribution in [2.45, 2.75) is 61.7 Å². The molecule has 1 fully saturated rings. The number of sulfonamides is 1. The molecule has 0 spiro atoms. The van der Waals surface area contributed by atoms with E-state index in [1.165, 1.54) is 6.92 Å². The zero-order chi connectivity index (χ0) is 30.3. The van der Waals surface area contributed by atoms with Crippen LogP contribution in [0, 0.1) is 5.82 Å². The van der Waals surface area contributed by atoms with Gasteiger partial charge >= 0.3 is 12.4 Å². The van der Waals surface area contributed by atoms with Crippen molar-refractivity contribution < 1.29 is 48.3 Å². The van der Waals surface area contributed by atoms with E-state index in [1.54, 1.807) is 0 Å². The highest BCUT2D eigenvalue weighted by atomic mass is 32.2. The van der Waals surface area contributed by atoms with Gasteiger partial charge in [0.1, 0.15) is 16.9 Å². The molecule has 0 aromatic carbocycles. The zero-order valence-electron chi connectivity index (χ0n) is 20.8. The number of rotatable bonds is 7. The van der Waals surface area contributed by atoms with Crippen LogP contribution in [-0.2, 0) is 33.6 Å². The SMILES string of the molecule is C[C@H]1[C@H](F)C[C@@H](C(=O)CCc2cc(-c3cnc(C(F)(F)F)nc3)ncc2C(F)(F)F)N1S(=O)(=O)c1cncc(F)c1. The Balaban J connectivity index is 1.62. The third-order valence-electron chi connectivity index (χ3n) is 6.44. The van der Waals surface area contributed by atoms with Crippen LogP contribution in [0.3, 0.4) is 0 Å². The summed E-state index contributed by atoms with van der Waals surface area (Å²) < 4.78 is 135. The van der Waals surface area contributed by atoms with Crippen molar-refractivity contribution in [2.24, 2.45) is 0 Å². The van der Waals surface area contributed by atoms with E-state index in [-0.39, 0.29) is 11.3 Å². The third kappa shape index (κ3) is 6.34. The monoisotopic (exact) mass is 609 g/mol. The molecule has 1 aliphatic heterocycles. The summed E-state index contributed by atoms with van der Waals surface area (Å²) in [6.07, 6.45) is -9.94. The van der Waals surface area contributed by atoms with Crippen molar-refractivity contribution in [1.82, 2.24) is 24.2 Å². The van der Waals surface area contributed by atoms with Gasteiger partial charge in [0.2, 0.25) is 15.8 Å². The second kappa shape index (κ2) is 11.0. The van der Waals surface area contributed by atoms with Crippen LogP contribution in [-0.4, -0.2) is 56.7 Å². The zero-order valence-corrected chi connectivity index (χ0v) is 21.6. The number of aryl methyl sites for hydroxylation is 1. The molecule has 4 rings (SSSR count). The molecule has 0 unspecified atom stereocenters. The molecule has 0 N–H and O–H groups in total.